The summed E-state index contributed by atoms with van der Waals surface area (Å²) in [6.07, 6.45) is 0.178. The summed E-state index contributed by atoms with van der Waals surface area (Å²) in [7, 11) is 1.42. The maximum absolute atomic E-state index is 13.5. The lowest BCUT2D eigenvalue weighted by atomic mass is 9.99. The number of hydrogen-bond acceptors (Lipinski definition) is 7. The average Bonchev–Trinajstić information content (AvgIpc) is 3.48. The molecule has 0 aliphatic heterocycles. The molecule has 212 valence electrons. The van der Waals surface area contributed by atoms with E-state index in [0.717, 1.165) is 17.1 Å². The number of rotatable bonds is 9. The third-order valence-corrected chi connectivity index (χ3v) is 7.07. The molecule has 0 radical (unpaired) electrons. The number of halogens is 3. The van der Waals surface area contributed by atoms with E-state index in [9.17, 15) is 18.4 Å². The Labute approximate surface area is 243 Å². The van der Waals surface area contributed by atoms with Crippen LogP contribution in [-0.4, -0.2) is 37.4 Å². The van der Waals surface area contributed by atoms with Crippen LogP contribution in [0.25, 0.3) is 27.7 Å². The highest BCUT2D eigenvalue weighted by molar-refractivity contribution is 6.31. The molecule has 0 aliphatic carbocycles. The summed E-state index contributed by atoms with van der Waals surface area (Å²) in [5, 5.41) is 17.5. The van der Waals surface area contributed by atoms with Gasteiger partial charge in [-0.25, -0.2) is 18.4 Å². The number of carbonyl (C=O) groups excluding carboxylic acids is 1. The van der Waals surface area contributed by atoms with Crippen molar-refractivity contribution in [2.24, 2.45) is 0 Å². The molecule has 0 spiro atoms. The fourth-order valence-electron chi connectivity index (χ4n) is 4.81. The van der Waals surface area contributed by atoms with Crippen molar-refractivity contribution < 1.29 is 18.3 Å². The zero-order valence-electron chi connectivity index (χ0n) is 22.5. The summed E-state index contributed by atoms with van der Waals surface area (Å²) in [4.78, 5) is 31.2. The molecule has 0 bridgehead atoms. The fourth-order valence-corrected chi connectivity index (χ4v) is 4.98. The molecule has 0 aliphatic rings. The smallest absolute Gasteiger partial charge is 0.283 e. The van der Waals surface area contributed by atoms with Gasteiger partial charge >= 0.3 is 0 Å². The average molecular weight is 589 g/mol. The third-order valence-electron chi connectivity index (χ3n) is 6.83. The van der Waals surface area contributed by atoms with Crippen molar-refractivity contribution in [3.05, 3.63) is 99.3 Å². The van der Waals surface area contributed by atoms with E-state index in [4.69, 9.17) is 21.6 Å². The van der Waals surface area contributed by atoms with E-state index in [1.807, 2.05) is 19.1 Å². The van der Waals surface area contributed by atoms with E-state index in [1.54, 1.807) is 42.5 Å². The third kappa shape index (κ3) is 5.62. The van der Waals surface area contributed by atoms with Crippen LogP contribution in [0.15, 0.2) is 71.8 Å². The van der Waals surface area contributed by atoms with Crippen molar-refractivity contribution >= 4 is 28.3 Å². The Morgan fingerprint density at radius 2 is 1.90 bits per heavy atom. The largest absolute Gasteiger partial charge is 0.495 e. The number of nitriles is 1. The molecule has 1 unspecified atom stereocenters. The lowest BCUT2D eigenvalue weighted by Gasteiger charge is -2.20. The quantitative estimate of drug-likeness (QED) is 0.211. The molecule has 1 atom stereocenters. The van der Waals surface area contributed by atoms with Crippen LogP contribution in [0.5, 0.6) is 5.75 Å². The number of aromatic nitrogens is 5. The maximum Gasteiger partial charge on any atom is 0.283 e. The molecular formula is C30H23ClF2N6O3. The second-order valence-electron chi connectivity index (χ2n) is 9.45. The zero-order chi connectivity index (χ0) is 30.0. The summed E-state index contributed by atoms with van der Waals surface area (Å²) in [6, 6.07) is 16.0. The molecule has 0 amide bonds. The van der Waals surface area contributed by atoms with E-state index in [0.29, 0.717) is 39.5 Å². The predicted octanol–water partition coefficient (Wildman–Crippen LogP) is 5.88. The number of Topliss-reactive ketones (excluding diaryl/α,β-unsaturated/α-hetero) is 1. The van der Waals surface area contributed by atoms with Gasteiger partial charge in [0.15, 0.2) is 5.78 Å². The molecule has 2 aromatic carbocycles. The van der Waals surface area contributed by atoms with Crippen LogP contribution < -0.4 is 10.3 Å². The Morgan fingerprint density at radius 1 is 1.10 bits per heavy atom. The lowest BCUT2D eigenvalue weighted by Crippen LogP contribution is -2.30. The number of carbonyl (C=O) groups is 1. The number of ether oxygens (including phenoxy) is 1. The fraction of sp³-hybridized carbons (Fsp3) is 0.200. The Kier molecular flexibility index (Phi) is 8.08. The monoisotopic (exact) mass is 588 g/mol. The molecule has 0 N–H and O–H groups in total. The van der Waals surface area contributed by atoms with Crippen molar-refractivity contribution in [1.29, 1.82) is 5.26 Å². The number of benzene rings is 2. The predicted molar refractivity (Wildman–Crippen MR) is 152 cm³/mol. The van der Waals surface area contributed by atoms with Crippen LogP contribution in [0.2, 0.25) is 5.02 Å². The molecular weight excluding hydrogens is 566 g/mol. The molecule has 12 heteroatoms. The molecule has 5 aromatic rings. The van der Waals surface area contributed by atoms with Gasteiger partial charge in [-0.3, -0.25) is 9.59 Å². The van der Waals surface area contributed by atoms with Crippen molar-refractivity contribution in [2.75, 3.05) is 7.11 Å². The van der Waals surface area contributed by atoms with Crippen molar-refractivity contribution in [2.45, 2.75) is 32.2 Å². The molecule has 0 saturated heterocycles. The topological polar surface area (TPSA) is 116 Å². The summed E-state index contributed by atoms with van der Waals surface area (Å²) in [5.74, 6) is 0.0876. The minimum atomic E-state index is -2.81. The van der Waals surface area contributed by atoms with Gasteiger partial charge in [0.1, 0.15) is 23.2 Å². The highest BCUT2D eigenvalue weighted by atomic mass is 35.5. The molecule has 3 heterocycles. The van der Waals surface area contributed by atoms with E-state index >= 15 is 0 Å². The molecule has 5 rings (SSSR count). The zero-order valence-corrected chi connectivity index (χ0v) is 23.2. The summed E-state index contributed by atoms with van der Waals surface area (Å²) < 4.78 is 34.5. The van der Waals surface area contributed by atoms with Gasteiger partial charge in [-0.15, -0.1) is 5.10 Å². The van der Waals surface area contributed by atoms with Crippen LogP contribution in [0.4, 0.5) is 8.78 Å². The minimum Gasteiger partial charge on any atom is -0.495 e. The van der Waals surface area contributed by atoms with Crippen molar-refractivity contribution in [3.63, 3.8) is 0 Å². The standard InChI is InChI=1S/C30H23ClF2N6O3/c1-3-25(27(40)11-17-4-8-23-18(10-17)5-7-20(14-34)35-23)38-16-28(42-2)22(13-29(38)41)21-12-19(31)6-9-26(21)39-15-24(30(32)33)36-37-39/h4-10,12-13,15-16,25,30H,3,11H2,1-2H3. The second kappa shape index (κ2) is 11.9. The summed E-state index contributed by atoms with van der Waals surface area (Å²) in [5.41, 5.74) is 1.82. The first-order chi connectivity index (χ1) is 20.2. The van der Waals surface area contributed by atoms with Crippen LogP contribution >= 0.6 is 11.6 Å². The highest BCUT2D eigenvalue weighted by Crippen LogP contribution is 2.36. The van der Waals surface area contributed by atoms with E-state index < -0.39 is 23.7 Å². The molecule has 42 heavy (non-hydrogen) atoms. The van der Waals surface area contributed by atoms with Gasteiger partial charge in [-0.05, 0) is 54.4 Å². The first-order valence-electron chi connectivity index (χ1n) is 12.9. The number of pyridine rings is 2. The minimum absolute atomic E-state index is 0.0716. The van der Waals surface area contributed by atoms with Gasteiger partial charge in [0.2, 0.25) is 0 Å². The van der Waals surface area contributed by atoms with Gasteiger partial charge in [-0.2, -0.15) is 5.26 Å². The Balaban J connectivity index is 1.50. The number of alkyl halides is 2. The molecule has 0 fully saturated rings. The molecule has 9 nitrogen and oxygen atoms in total. The van der Waals surface area contributed by atoms with Crippen LogP contribution in [-0.2, 0) is 11.2 Å². The highest BCUT2D eigenvalue weighted by Gasteiger charge is 2.24. The van der Waals surface area contributed by atoms with Gasteiger partial charge in [0.05, 0.1) is 36.7 Å². The first-order valence-corrected chi connectivity index (χ1v) is 13.2. The van der Waals surface area contributed by atoms with Gasteiger partial charge in [0.25, 0.3) is 12.0 Å². The number of nitrogens with zero attached hydrogens (tertiary/aromatic N) is 6. The molecule has 3 aromatic heterocycles. The molecule has 0 saturated carbocycles. The van der Waals surface area contributed by atoms with Gasteiger partial charge in [-0.1, -0.05) is 29.8 Å². The number of ketones is 1. The summed E-state index contributed by atoms with van der Waals surface area (Å²) >= 11 is 6.27. The van der Waals surface area contributed by atoms with E-state index in [1.165, 1.54) is 28.6 Å². The SMILES string of the molecule is CCC(C(=O)Cc1ccc2nc(C#N)ccc2c1)n1cc(OC)c(-c2cc(Cl)ccc2-n2cc(C(F)F)nn2)cc1=O. The van der Waals surface area contributed by atoms with Gasteiger partial charge < -0.3 is 9.30 Å². The van der Waals surface area contributed by atoms with Gasteiger partial charge in [0, 0.05) is 34.0 Å². The Hall–Kier alpha value is -4.95. The van der Waals surface area contributed by atoms with E-state index in [2.05, 4.69) is 15.3 Å². The number of hydrogen-bond donors (Lipinski definition) is 0. The lowest BCUT2D eigenvalue weighted by molar-refractivity contribution is -0.121. The van der Waals surface area contributed by atoms with Crippen molar-refractivity contribution in [3.8, 4) is 28.6 Å². The number of fused-ring (bicyclic) bond motifs is 1. The van der Waals surface area contributed by atoms with E-state index in [-0.39, 0.29) is 18.0 Å². The van der Waals surface area contributed by atoms with Crippen LogP contribution in [0, 0.1) is 11.3 Å². The van der Waals surface area contributed by atoms with Crippen LogP contribution in [0.1, 0.15) is 42.8 Å². The first kappa shape index (κ1) is 28.6. The number of methoxy groups -OCH3 is 1. The maximum atomic E-state index is 13.5. The Morgan fingerprint density at radius 3 is 2.60 bits per heavy atom. The normalized spacial score (nSPS) is 11.9. The summed E-state index contributed by atoms with van der Waals surface area (Å²) in [6.45, 7) is 1.81. The Bertz CT molecular complexity index is 1910. The second-order valence-corrected chi connectivity index (χ2v) is 9.89. The van der Waals surface area contributed by atoms with Crippen molar-refractivity contribution in [1.82, 2.24) is 24.5 Å². The van der Waals surface area contributed by atoms with Crippen LogP contribution in [0.3, 0.4) is 0 Å².